The summed E-state index contributed by atoms with van der Waals surface area (Å²) in [5.74, 6) is 0.359. The average Bonchev–Trinajstić information content (AvgIpc) is 3.18. The SMILES string of the molecule is CCOc1ccc(N2C(=O)C(Cl)=C(Nc3cccc(C(=O)Nc4ccc(Oc5ccccc5)cc4)c3)C2=O)cc1. The minimum Gasteiger partial charge on any atom is -0.494 e. The molecule has 0 bridgehead atoms. The summed E-state index contributed by atoms with van der Waals surface area (Å²) in [4.78, 5) is 39.8. The maximum atomic E-state index is 13.1. The van der Waals surface area contributed by atoms with Gasteiger partial charge in [-0.2, -0.15) is 0 Å². The predicted molar refractivity (Wildman–Crippen MR) is 154 cm³/mol. The Morgan fingerprint density at radius 2 is 1.45 bits per heavy atom. The van der Waals surface area contributed by atoms with Gasteiger partial charge in [-0.25, -0.2) is 4.90 Å². The molecule has 1 aliphatic rings. The smallest absolute Gasteiger partial charge is 0.283 e. The number of carbonyl (C=O) groups is 3. The third-order valence-electron chi connectivity index (χ3n) is 5.92. The van der Waals surface area contributed by atoms with Gasteiger partial charge in [0.15, 0.2) is 0 Å². The fourth-order valence-electron chi connectivity index (χ4n) is 4.02. The molecule has 0 aliphatic carbocycles. The van der Waals surface area contributed by atoms with Crippen molar-refractivity contribution in [1.29, 1.82) is 0 Å². The number of anilines is 3. The van der Waals surface area contributed by atoms with E-state index in [1.807, 2.05) is 37.3 Å². The van der Waals surface area contributed by atoms with E-state index in [0.717, 1.165) is 4.90 Å². The minimum atomic E-state index is -0.646. The van der Waals surface area contributed by atoms with Crippen LogP contribution < -0.4 is 25.0 Å². The number of hydrogen-bond donors (Lipinski definition) is 2. The first-order valence-corrected chi connectivity index (χ1v) is 12.8. The number of imide groups is 1. The van der Waals surface area contributed by atoms with E-state index in [1.165, 1.54) is 0 Å². The molecule has 200 valence electrons. The van der Waals surface area contributed by atoms with Crippen LogP contribution in [0, 0.1) is 0 Å². The van der Waals surface area contributed by atoms with Crippen LogP contribution in [-0.4, -0.2) is 24.3 Å². The Labute approximate surface area is 235 Å². The van der Waals surface area contributed by atoms with E-state index in [-0.39, 0.29) is 16.6 Å². The monoisotopic (exact) mass is 553 g/mol. The molecule has 4 aromatic rings. The normalized spacial score (nSPS) is 12.9. The lowest BCUT2D eigenvalue weighted by Crippen LogP contribution is -2.32. The van der Waals surface area contributed by atoms with Gasteiger partial charge in [-0.3, -0.25) is 14.4 Å². The van der Waals surface area contributed by atoms with Gasteiger partial charge in [0.1, 0.15) is 28.0 Å². The fourth-order valence-corrected chi connectivity index (χ4v) is 4.23. The average molecular weight is 554 g/mol. The van der Waals surface area contributed by atoms with Crippen molar-refractivity contribution in [2.24, 2.45) is 0 Å². The molecular formula is C31H24ClN3O5. The number of nitrogens with zero attached hydrogens (tertiary/aromatic N) is 1. The Morgan fingerprint density at radius 1 is 0.775 bits per heavy atom. The Kier molecular flexibility index (Phi) is 7.80. The molecule has 0 spiro atoms. The van der Waals surface area contributed by atoms with Crippen LogP contribution in [0.3, 0.4) is 0 Å². The molecule has 0 unspecified atom stereocenters. The summed E-state index contributed by atoms with van der Waals surface area (Å²) >= 11 is 6.26. The van der Waals surface area contributed by atoms with E-state index in [0.29, 0.717) is 46.5 Å². The van der Waals surface area contributed by atoms with E-state index in [1.54, 1.807) is 72.8 Å². The van der Waals surface area contributed by atoms with Gasteiger partial charge in [-0.15, -0.1) is 0 Å². The number of hydrogen-bond acceptors (Lipinski definition) is 6. The van der Waals surface area contributed by atoms with Crippen LogP contribution in [0.1, 0.15) is 17.3 Å². The molecule has 4 aromatic carbocycles. The van der Waals surface area contributed by atoms with E-state index in [4.69, 9.17) is 21.1 Å². The van der Waals surface area contributed by atoms with Crippen LogP contribution in [0.2, 0.25) is 0 Å². The highest BCUT2D eigenvalue weighted by atomic mass is 35.5. The minimum absolute atomic E-state index is 0.0767. The quantitative estimate of drug-likeness (QED) is 0.228. The maximum absolute atomic E-state index is 13.1. The highest BCUT2D eigenvalue weighted by molar-refractivity contribution is 6.53. The molecule has 0 saturated carbocycles. The number of para-hydroxylation sites is 1. The predicted octanol–water partition coefficient (Wildman–Crippen LogP) is 6.57. The van der Waals surface area contributed by atoms with Gasteiger partial charge in [-0.1, -0.05) is 35.9 Å². The van der Waals surface area contributed by atoms with Crippen LogP contribution in [0.5, 0.6) is 17.2 Å². The van der Waals surface area contributed by atoms with Crippen molar-refractivity contribution in [1.82, 2.24) is 0 Å². The first-order valence-electron chi connectivity index (χ1n) is 12.5. The molecule has 5 rings (SSSR count). The Bertz CT molecular complexity index is 1590. The van der Waals surface area contributed by atoms with Crippen LogP contribution in [0.15, 0.2) is 114 Å². The lowest BCUT2D eigenvalue weighted by Gasteiger charge is -2.16. The van der Waals surface area contributed by atoms with Gasteiger partial charge in [0, 0.05) is 16.9 Å². The van der Waals surface area contributed by atoms with Crippen LogP contribution in [-0.2, 0) is 9.59 Å². The number of nitrogens with one attached hydrogen (secondary N) is 2. The zero-order valence-corrected chi connectivity index (χ0v) is 22.1. The molecule has 9 heteroatoms. The first-order chi connectivity index (χ1) is 19.4. The Balaban J connectivity index is 1.25. The fraction of sp³-hybridized carbons (Fsp3) is 0.0645. The molecule has 0 saturated heterocycles. The summed E-state index contributed by atoms with van der Waals surface area (Å²) in [6.45, 7) is 2.36. The number of halogens is 1. The molecule has 3 amide bonds. The second kappa shape index (κ2) is 11.8. The zero-order valence-electron chi connectivity index (χ0n) is 21.4. The second-order valence-corrected chi connectivity index (χ2v) is 9.04. The largest absolute Gasteiger partial charge is 0.494 e. The van der Waals surface area contributed by atoms with Crippen molar-refractivity contribution in [3.05, 3.63) is 119 Å². The van der Waals surface area contributed by atoms with E-state index >= 15 is 0 Å². The number of benzene rings is 4. The highest BCUT2D eigenvalue weighted by Gasteiger charge is 2.39. The molecular weight excluding hydrogens is 530 g/mol. The number of ether oxygens (including phenoxy) is 2. The zero-order chi connectivity index (χ0) is 28.1. The molecule has 0 radical (unpaired) electrons. The lowest BCUT2D eigenvalue weighted by molar-refractivity contribution is -0.120. The third-order valence-corrected chi connectivity index (χ3v) is 6.27. The molecule has 1 aliphatic heterocycles. The van der Waals surface area contributed by atoms with Gasteiger partial charge in [0.05, 0.1) is 12.3 Å². The summed E-state index contributed by atoms with van der Waals surface area (Å²) in [6.07, 6.45) is 0. The van der Waals surface area contributed by atoms with Crippen molar-refractivity contribution < 1.29 is 23.9 Å². The van der Waals surface area contributed by atoms with Gasteiger partial charge in [0.2, 0.25) is 0 Å². The van der Waals surface area contributed by atoms with Gasteiger partial charge in [0.25, 0.3) is 17.7 Å². The van der Waals surface area contributed by atoms with Crippen molar-refractivity contribution in [2.45, 2.75) is 6.92 Å². The summed E-state index contributed by atoms with van der Waals surface area (Å²) in [5.41, 5.74) is 1.62. The van der Waals surface area contributed by atoms with E-state index < -0.39 is 11.8 Å². The van der Waals surface area contributed by atoms with E-state index in [9.17, 15) is 14.4 Å². The second-order valence-electron chi connectivity index (χ2n) is 8.66. The molecule has 0 aromatic heterocycles. The molecule has 40 heavy (non-hydrogen) atoms. The summed E-state index contributed by atoms with van der Waals surface area (Å²) < 4.78 is 11.2. The standard InChI is InChI=1S/C31H24ClN3O5/c1-2-39-24-17-13-23(14-18-24)35-30(37)27(32)28(31(35)38)33-22-8-6-7-20(19-22)29(36)34-21-11-15-26(16-12-21)40-25-9-4-3-5-10-25/h3-19,33H,2H2,1H3,(H,34,36). The van der Waals surface area contributed by atoms with Crippen LogP contribution >= 0.6 is 11.6 Å². The first kappa shape index (κ1) is 26.5. The lowest BCUT2D eigenvalue weighted by atomic mass is 10.1. The van der Waals surface area contributed by atoms with Crippen molar-refractivity contribution in [2.75, 3.05) is 22.1 Å². The summed E-state index contributed by atoms with van der Waals surface area (Å²) in [6, 6.07) is 29.5. The summed E-state index contributed by atoms with van der Waals surface area (Å²) in [5, 5.41) is 5.50. The Hall–Kier alpha value is -5.08. The van der Waals surface area contributed by atoms with Crippen LogP contribution in [0.4, 0.5) is 17.1 Å². The van der Waals surface area contributed by atoms with Gasteiger partial charge < -0.3 is 20.1 Å². The maximum Gasteiger partial charge on any atom is 0.283 e. The molecule has 8 nitrogen and oxygen atoms in total. The molecule has 0 fully saturated rings. The molecule has 1 heterocycles. The highest BCUT2D eigenvalue weighted by Crippen LogP contribution is 2.31. The van der Waals surface area contributed by atoms with Crippen molar-refractivity contribution >= 4 is 46.4 Å². The Morgan fingerprint density at radius 3 is 2.15 bits per heavy atom. The van der Waals surface area contributed by atoms with Gasteiger partial charge in [-0.05, 0) is 85.8 Å². The van der Waals surface area contributed by atoms with Crippen molar-refractivity contribution in [3.8, 4) is 17.2 Å². The van der Waals surface area contributed by atoms with Crippen LogP contribution in [0.25, 0.3) is 0 Å². The molecule has 2 N–H and O–H groups in total. The molecule has 0 atom stereocenters. The summed E-state index contributed by atoms with van der Waals surface area (Å²) in [7, 11) is 0. The topological polar surface area (TPSA) is 97.0 Å². The number of rotatable bonds is 9. The third kappa shape index (κ3) is 5.82. The van der Waals surface area contributed by atoms with Gasteiger partial charge >= 0.3 is 0 Å². The number of carbonyl (C=O) groups excluding carboxylic acids is 3. The van der Waals surface area contributed by atoms with E-state index in [2.05, 4.69) is 10.6 Å². The van der Waals surface area contributed by atoms with Crippen molar-refractivity contribution in [3.63, 3.8) is 0 Å². The number of amides is 3.